The number of sulfonamides is 1. The van der Waals surface area contributed by atoms with Gasteiger partial charge in [0.1, 0.15) is 4.90 Å². The third-order valence-corrected chi connectivity index (χ3v) is 6.22. The first-order valence-electron chi connectivity index (χ1n) is 7.85. The molecule has 0 bridgehead atoms. The van der Waals surface area contributed by atoms with Crippen molar-refractivity contribution in [3.05, 3.63) is 18.0 Å². The molecule has 0 atom stereocenters. The molecule has 0 spiro atoms. The van der Waals surface area contributed by atoms with E-state index in [1.165, 1.54) is 6.42 Å². The van der Waals surface area contributed by atoms with Crippen LogP contribution in [0.5, 0.6) is 0 Å². The first-order valence-corrected chi connectivity index (χ1v) is 9.29. The summed E-state index contributed by atoms with van der Waals surface area (Å²) in [4.78, 5) is 0.416. The van der Waals surface area contributed by atoms with Gasteiger partial charge in [0.05, 0.1) is 0 Å². The van der Waals surface area contributed by atoms with Crippen molar-refractivity contribution in [2.45, 2.75) is 44.6 Å². The number of aryl methyl sites for hydroxylation is 1. The maximum Gasteiger partial charge on any atom is 0.244 e. The maximum atomic E-state index is 12.8. The van der Waals surface area contributed by atoms with E-state index in [1.807, 2.05) is 25.5 Å². The Morgan fingerprint density at radius 2 is 2.10 bits per heavy atom. The Balaban J connectivity index is 2.16. The lowest BCUT2D eigenvalue weighted by molar-refractivity contribution is 0.250. The number of aromatic nitrogens is 1. The highest BCUT2D eigenvalue weighted by Crippen LogP contribution is 2.29. The van der Waals surface area contributed by atoms with Crippen molar-refractivity contribution in [1.29, 1.82) is 0 Å². The van der Waals surface area contributed by atoms with E-state index in [-0.39, 0.29) is 0 Å². The second-order valence-corrected chi connectivity index (χ2v) is 7.75. The summed E-state index contributed by atoms with van der Waals surface area (Å²) in [6.45, 7) is 6.72. The molecule has 0 aromatic carbocycles. The Labute approximate surface area is 128 Å². The Kier molecular flexibility index (Phi) is 5.46. The monoisotopic (exact) mass is 313 g/mol. The highest BCUT2D eigenvalue weighted by atomic mass is 32.2. The third-order valence-electron chi connectivity index (χ3n) is 4.32. The second-order valence-electron chi connectivity index (χ2n) is 5.81. The predicted molar refractivity (Wildman–Crippen MR) is 84.6 cm³/mol. The topological polar surface area (TPSA) is 54.3 Å². The molecule has 1 N–H and O–H groups in total. The maximum absolute atomic E-state index is 12.8. The van der Waals surface area contributed by atoms with Crippen molar-refractivity contribution in [2.24, 2.45) is 13.0 Å². The lowest BCUT2D eigenvalue weighted by atomic mass is 9.85. The second kappa shape index (κ2) is 6.94. The zero-order valence-electron chi connectivity index (χ0n) is 13.3. The van der Waals surface area contributed by atoms with Crippen LogP contribution in [-0.2, 0) is 23.6 Å². The number of nitrogens with zero attached hydrogens (tertiary/aromatic N) is 2. The van der Waals surface area contributed by atoms with Gasteiger partial charge in [0, 0.05) is 38.6 Å². The van der Waals surface area contributed by atoms with Gasteiger partial charge in [-0.15, -0.1) is 0 Å². The number of hydrogen-bond acceptors (Lipinski definition) is 3. The molecule has 0 aliphatic heterocycles. The summed E-state index contributed by atoms with van der Waals surface area (Å²) in [5.74, 6) is 0.546. The molecule has 1 fully saturated rings. The molecule has 1 heterocycles. The van der Waals surface area contributed by atoms with Crippen molar-refractivity contribution in [1.82, 2.24) is 14.2 Å². The van der Waals surface area contributed by atoms with Gasteiger partial charge in [0.2, 0.25) is 10.0 Å². The molecule has 6 heteroatoms. The minimum atomic E-state index is -3.36. The van der Waals surface area contributed by atoms with Gasteiger partial charge in [-0.25, -0.2) is 8.42 Å². The predicted octanol–water partition coefficient (Wildman–Crippen LogP) is 1.95. The zero-order valence-corrected chi connectivity index (χ0v) is 14.1. The molecule has 21 heavy (non-hydrogen) atoms. The van der Waals surface area contributed by atoms with Crippen LogP contribution in [0.4, 0.5) is 0 Å². The largest absolute Gasteiger partial charge is 0.352 e. The van der Waals surface area contributed by atoms with Crippen LogP contribution in [0.2, 0.25) is 0 Å². The standard InChI is InChI=1S/C15H27N3O2S/c1-4-16-10-14-9-15(12-17(14)3)21(19,20)18(5-2)11-13-7-6-8-13/h9,12-13,16H,4-8,10-11H2,1-3H3. The Bertz CT molecular complexity index is 561. The summed E-state index contributed by atoms with van der Waals surface area (Å²) >= 11 is 0. The van der Waals surface area contributed by atoms with Crippen LogP contribution in [0, 0.1) is 5.92 Å². The molecule has 0 radical (unpaired) electrons. The van der Waals surface area contributed by atoms with E-state index in [0.717, 1.165) is 25.1 Å². The van der Waals surface area contributed by atoms with Crippen LogP contribution in [0.15, 0.2) is 17.2 Å². The molecular formula is C15H27N3O2S. The van der Waals surface area contributed by atoms with Crippen molar-refractivity contribution in [2.75, 3.05) is 19.6 Å². The fourth-order valence-electron chi connectivity index (χ4n) is 2.66. The van der Waals surface area contributed by atoms with E-state index in [0.29, 0.717) is 30.4 Å². The Morgan fingerprint density at radius 1 is 1.38 bits per heavy atom. The highest BCUT2D eigenvalue weighted by Gasteiger charge is 2.29. The van der Waals surface area contributed by atoms with Gasteiger partial charge in [-0.05, 0) is 31.4 Å². The third kappa shape index (κ3) is 3.67. The van der Waals surface area contributed by atoms with Crippen molar-refractivity contribution < 1.29 is 8.42 Å². The van der Waals surface area contributed by atoms with Gasteiger partial charge in [0.25, 0.3) is 0 Å². The molecule has 1 aromatic rings. The molecular weight excluding hydrogens is 286 g/mol. The van der Waals surface area contributed by atoms with Crippen LogP contribution >= 0.6 is 0 Å². The van der Waals surface area contributed by atoms with Crippen LogP contribution in [0.25, 0.3) is 0 Å². The summed E-state index contributed by atoms with van der Waals surface area (Å²) in [7, 11) is -1.47. The Hall–Kier alpha value is -0.850. The van der Waals surface area contributed by atoms with Gasteiger partial charge in [-0.1, -0.05) is 20.3 Å². The molecule has 5 nitrogen and oxygen atoms in total. The highest BCUT2D eigenvalue weighted by molar-refractivity contribution is 7.89. The van der Waals surface area contributed by atoms with Crippen LogP contribution < -0.4 is 5.32 Å². The average Bonchev–Trinajstić information content (AvgIpc) is 2.77. The number of nitrogens with one attached hydrogen (secondary N) is 1. The van der Waals surface area contributed by atoms with E-state index in [4.69, 9.17) is 0 Å². The fourth-order valence-corrected chi connectivity index (χ4v) is 4.28. The molecule has 0 amide bonds. The quantitative estimate of drug-likeness (QED) is 0.798. The molecule has 2 rings (SSSR count). The Morgan fingerprint density at radius 3 is 2.62 bits per heavy atom. The number of rotatable bonds is 8. The van der Waals surface area contributed by atoms with Crippen molar-refractivity contribution >= 4 is 10.0 Å². The summed E-state index contributed by atoms with van der Waals surface area (Å²) in [6.07, 6.45) is 5.28. The van der Waals surface area contributed by atoms with Crippen LogP contribution in [0.3, 0.4) is 0 Å². The molecule has 120 valence electrons. The van der Waals surface area contributed by atoms with Gasteiger partial charge in [0.15, 0.2) is 0 Å². The average molecular weight is 313 g/mol. The normalized spacial score (nSPS) is 16.4. The van der Waals surface area contributed by atoms with E-state index in [1.54, 1.807) is 16.6 Å². The van der Waals surface area contributed by atoms with Gasteiger partial charge in [-0.3, -0.25) is 0 Å². The van der Waals surface area contributed by atoms with Gasteiger partial charge < -0.3 is 9.88 Å². The molecule has 1 aromatic heterocycles. The molecule has 0 unspecified atom stereocenters. The van der Waals surface area contributed by atoms with Crippen LogP contribution in [0.1, 0.15) is 38.8 Å². The smallest absolute Gasteiger partial charge is 0.244 e. The lowest BCUT2D eigenvalue weighted by Gasteiger charge is -2.30. The van der Waals surface area contributed by atoms with Crippen molar-refractivity contribution in [3.8, 4) is 0 Å². The van der Waals surface area contributed by atoms with Crippen LogP contribution in [-0.4, -0.2) is 36.9 Å². The van der Waals surface area contributed by atoms with E-state index >= 15 is 0 Å². The summed E-state index contributed by atoms with van der Waals surface area (Å²) in [5, 5.41) is 3.23. The first kappa shape index (κ1) is 16.5. The van der Waals surface area contributed by atoms with Crippen molar-refractivity contribution in [3.63, 3.8) is 0 Å². The van der Waals surface area contributed by atoms with E-state index in [9.17, 15) is 8.42 Å². The van der Waals surface area contributed by atoms with Gasteiger partial charge >= 0.3 is 0 Å². The summed E-state index contributed by atoms with van der Waals surface area (Å²) in [5.41, 5.74) is 0.995. The molecule has 0 saturated heterocycles. The van der Waals surface area contributed by atoms with E-state index < -0.39 is 10.0 Å². The zero-order chi connectivity index (χ0) is 15.5. The fraction of sp³-hybridized carbons (Fsp3) is 0.733. The summed E-state index contributed by atoms with van der Waals surface area (Å²) in [6, 6.07) is 1.79. The van der Waals surface area contributed by atoms with Gasteiger partial charge in [-0.2, -0.15) is 4.31 Å². The summed E-state index contributed by atoms with van der Waals surface area (Å²) < 4.78 is 29.1. The minimum absolute atomic E-state index is 0.416. The lowest BCUT2D eigenvalue weighted by Crippen LogP contribution is -2.37. The van der Waals surface area contributed by atoms with E-state index in [2.05, 4.69) is 5.32 Å². The minimum Gasteiger partial charge on any atom is -0.352 e. The molecule has 1 saturated carbocycles. The molecule has 1 aliphatic rings. The SMILES string of the molecule is CCNCc1cc(S(=O)(=O)N(CC)CC2CCC2)cn1C. The number of hydrogen-bond donors (Lipinski definition) is 1. The molecule has 1 aliphatic carbocycles. The first-order chi connectivity index (χ1) is 9.98.